The number of nitrogens with two attached hydrogens (primary N) is 1. The smallest absolute Gasteiger partial charge is 0.284 e. The normalized spacial score (nSPS) is 17.4. The lowest BCUT2D eigenvalue weighted by molar-refractivity contribution is -0.122. The van der Waals surface area contributed by atoms with E-state index >= 15 is 0 Å². The molecule has 1 aromatic carbocycles. The molecule has 5 nitrogen and oxygen atoms in total. The maximum Gasteiger partial charge on any atom is 0.284 e. The first kappa shape index (κ1) is 16.9. The van der Waals surface area contributed by atoms with Crippen LogP contribution >= 0.6 is 22.9 Å². The van der Waals surface area contributed by atoms with Gasteiger partial charge in [0.25, 0.3) is 5.91 Å². The zero-order valence-electron chi connectivity index (χ0n) is 12.8. The molecule has 0 saturated heterocycles. The number of fused-ring (bicyclic) bond motifs is 1. The summed E-state index contributed by atoms with van der Waals surface area (Å²) in [6.07, 6.45) is 2.49. The van der Waals surface area contributed by atoms with Gasteiger partial charge in [0.1, 0.15) is 11.9 Å². The van der Waals surface area contributed by atoms with Crippen molar-refractivity contribution in [1.29, 1.82) is 0 Å². The van der Waals surface area contributed by atoms with Crippen LogP contribution in [0.1, 0.15) is 40.3 Å². The minimum atomic E-state index is -0.848. The Labute approximate surface area is 147 Å². The van der Waals surface area contributed by atoms with Crippen molar-refractivity contribution in [2.45, 2.75) is 31.8 Å². The summed E-state index contributed by atoms with van der Waals surface area (Å²) in [6, 6.07) is 1.59. The molecule has 8 heteroatoms. The molecule has 0 unspecified atom stereocenters. The van der Waals surface area contributed by atoms with Crippen LogP contribution in [0.2, 0.25) is 5.02 Å². The van der Waals surface area contributed by atoms with Crippen molar-refractivity contribution in [2.24, 2.45) is 5.73 Å². The molecule has 1 heterocycles. The van der Waals surface area contributed by atoms with E-state index in [1.54, 1.807) is 18.4 Å². The molecule has 2 atom stereocenters. The Kier molecular flexibility index (Phi) is 4.56. The number of hydrogen-bond donors (Lipinski definition) is 1. The van der Waals surface area contributed by atoms with Gasteiger partial charge in [0.05, 0.1) is 6.04 Å². The second-order valence-corrected chi connectivity index (χ2v) is 6.97. The van der Waals surface area contributed by atoms with Crippen molar-refractivity contribution < 1.29 is 14.0 Å². The molecule has 3 rings (SSSR count). The van der Waals surface area contributed by atoms with Gasteiger partial charge < -0.3 is 10.6 Å². The first-order chi connectivity index (χ1) is 11.4. The van der Waals surface area contributed by atoms with Gasteiger partial charge in [0.15, 0.2) is 5.01 Å². The van der Waals surface area contributed by atoms with Crippen molar-refractivity contribution in [1.82, 2.24) is 9.88 Å². The monoisotopic (exact) mass is 367 g/mol. The number of carbonyl (C=O) groups is 2. The summed E-state index contributed by atoms with van der Waals surface area (Å²) < 4.78 is 14.1. The molecule has 0 saturated carbocycles. The highest BCUT2D eigenvalue weighted by Crippen LogP contribution is 2.40. The van der Waals surface area contributed by atoms with Gasteiger partial charge in [-0.3, -0.25) is 9.59 Å². The Morgan fingerprint density at radius 2 is 2.25 bits per heavy atom. The number of rotatable bonds is 4. The van der Waals surface area contributed by atoms with Crippen molar-refractivity contribution in [3.05, 3.63) is 50.7 Å². The number of thiazole rings is 1. The number of amides is 2. The minimum absolute atomic E-state index is 0.256. The van der Waals surface area contributed by atoms with Gasteiger partial charge in [-0.05, 0) is 43.0 Å². The van der Waals surface area contributed by atoms with Crippen molar-refractivity contribution in [3.63, 3.8) is 0 Å². The third-order valence-electron chi connectivity index (χ3n) is 4.24. The number of halogens is 2. The van der Waals surface area contributed by atoms with E-state index in [-0.39, 0.29) is 10.0 Å². The van der Waals surface area contributed by atoms with Crippen LogP contribution in [0.5, 0.6) is 0 Å². The highest BCUT2D eigenvalue weighted by Gasteiger charge is 2.38. The third kappa shape index (κ3) is 2.89. The summed E-state index contributed by atoms with van der Waals surface area (Å²) >= 11 is 7.15. The Morgan fingerprint density at radius 3 is 2.88 bits per heavy atom. The molecule has 2 aromatic rings. The van der Waals surface area contributed by atoms with E-state index < -0.39 is 29.7 Å². The van der Waals surface area contributed by atoms with Crippen LogP contribution in [0.15, 0.2) is 23.7 Å². The van der Waals surface area contributed by atoms with Crippen LogP contribution in [-0.4, -0.2) is 27.7 Å². The predicted molar refractivity (Wildman–Crippen MR) is 89.4 cm³/mol. The summed E-state index contributed by atoms with van der Waals surface area (Å²) in [7, 11) is 0. The molecule has 0 bridgehead atoms. The highest BCUT2D eigenvalue weighted by molar-refractivity contribution is 7.11. The highest BCUT2D eigenvalue weighted by atomic mass is 35.5. The van der Waals surface area contributed by atoms with Crippen LogP contribution in [0.25, 0.3) is 0 Å². The molecule has 0 radical (unpaired) electrons. The molecule has 1 aromatic heterocycles. The van der Waals surface area contributed by atoms with Gasteiger partial charge in [-0.2, -0.15) is 0 Å². The van der Waals surface area contributed by atoms with Crippen LogP contribution < -0.4 is 5.73 Å². The zero-order chi connectivity index (χ0) is 17.4. The maximum atomic E-state index is 14.1. The number of primary amides is 1. The van der Waals surface area contributed by atoms with E-state index in [2.05, 4.69) is 4.98 Å². The van der Waals surface area contributed by atoms with E-state index in [0.29, 0.717) is 24.0 Å². The number of nitrogens with zero attached hydrogens (tertiary/aromatic N) is 2. The molecule has 1 aliphatic rings. The molecular formula is C16H15ClFN3O2S. The van der Waals surface area contributed by atoms with Crippen molar-refractivity contribution in [3.8, 4) is 0 Å². The molecule has 0 aliphatic heterocycles. The molecule has 2 amide bonds. The Morgan fingerprint density at radius 1 is 1.50 bits per heavy atom. The van der Waals surface area contributed by atoms with E-state index in [9.17, 15) is 14.0 Å². The average molecular weight is 368 g/mol. The molecule has 126 valence electrons. The molecule has 1 aliphatic carbocycles. The lowest BCUT2D eigenvalue weighted by Crippen LogP contribution is -2.47. The Balaban J connectivity index is 2.06. The van der Waals surface area contributed by atoms with Crippen LogP contribution in [0, 0.1) is 5.82 Å². The fourth-order valence-corrected chi connectivity index (χ4v) is 3.87. The van der Waals surface area contributed by atoms with Crippen LogP contribution in [0.3, 0.4) is 0 Å². The number of benzene rings is 1. The topological polar surface area (TPSA) is 76.3 Å². The fraction of sp³-hybridized carbons (Fsp3) is 0.312. The molecule has 0 fully saturated rings. The lowest BCUT2D eigenvalue weighted by Gasteiger charge is -2.33. The van der Waals surface area contributed by atoms with Gasteiger partial charge in [0, 0.05) is 16.6 Å². The fourth-order valence-electron chi connectivity index (χ4n) is 3.07. The van der Waals surface area contributed by atoms with Gasteiger partial charge in [-0.25, -0.2) is 9.37 Å². The summed E-state index contributed by atoms with van der Waals surface area (Å²) in [4.78, 5) is 30.0. The molecule has 2 N–H and O–H groups in total. The first-order valence-corrected chi connectivity index (χ1v) is 8.65. The predicted octanol–water partition coefficient (Wildman–Crippen LogP) is 2.94. The first-order valence-electron chi connectivity index (χ1n) is 7.39. The van der Waals surface area contributed by atoms with Gasteiger partial charge in [-0.1, -0.05) is 11.6 Å². The van der Waals surface area contributed by atoms with Crippen LogP contribution in [0.4, 0.5) is 4.39 Å². The zero-order valence-corrected chi connectivity index (χ0v) is 14.4. The second-order valence-electron chi connectivity index (χ2n) is 5.64. The van der Waals surface area contributed by atoms with Crippen molar-refractivity contribution >= 4 is 34.8 Å². The summed E-state index contributed by atoms with van der Waals surface area (Å²) in [5, 5.41) is 2.20. The maximum absolute atomic E-state index is 14.1. The van der Waals surface area contributed by atoms with Gasteiger partial charge in [0.2, 0.25) is 5.91 Å². The van der Waals surface area contributed by atoms with E-state index in [0.717, 1.165) is 0 Å². The van der Waals surface area contributed by atoms with E-state index in [4.69, 9.17) is 17.3 Å². The third-order valence-corrected chi connectivity index (χ3v) is 5.22. The summed E-state index contributed by atoms with van der Waals surface area (Å²) in [5.41, 5.74) is 6.57. The summed E-state index contributed by atoms with van der Waals surface area (Å²) in [6.45, 7) is 1.56. The molecule has 24 heavy (non-hydrogen) atoms. The quantitative estimate of drug-likeness (QED) is 0.902. The molecular weight excluding hydrogens is 353 g/mol. The minimum Gasteiger partial charge on any atom is -0.368 e. The van der Waals surface area contributed by atoms with Crippen molar-refractivity contribution in [2.75, 3.05) is 0 Å². The number of aromatic nitrogens is 1. The average Bonchev–Trinajstić information content (AvgIpc) is 3.17. The van der Waals surface area contributed by atoms with E-state index in [1.165, 1.54) is 28.5 Å². The van der Waals surface area contributed by atoms with Crippen LogP contribution in [-0.2, 0) is 11.2 Å². The second kappa shape index (κ2) is 6.49. The molecule has 0 spiro atoms. The lowest BCUT2D eigenvalue weighted by atomic mass is 10.0. The number of carbonyl (C=O) groups excluding carboxylic acids is 2. The Hall–Kier alpha value is -1.99. The largest absolute Gasteiger partial charge is 0.368 e. The SMILES string of the molecule is C[C@H](C(N)=O)N(C(=O)c1nccs1)[C@@H]1CCc2c(F)cc(Cl)cc21. The van der Waals surface area contributed by atoms with E-state index in [1.807, 2.05) is 0 Å². The number of hydrogen-bond acceptors (Lipinski definition) is 4. The Bertz CT molecular complexity index is 797. The van der Waals surface area contributed by atoms with Gasteiger partial charge >= 0.3 is 0 Å². The standard InChI is InChI=1S/C16H15ClFN3O2S/c1-8(14(19)22)21(16(23)15-20-4-5-24-15)13-3-2-10-11(13)6-9(17)7-12(10)18/h4-8,13H,2-3H2,1H3,(H2,19,22)/t8-,13-/m1/s1. The summed E-state index contributed by atoms with van der Waals surface area (Å²) in [5.74, 6) is -1.42. The van der Waals surface area contributed by atoms with Gasteiger partial charge in [-0.15, -0.1) is 11.3 Å².